The van der Waals surface area contributed by atoms with Crippen molar-refractivity contribution in [1.29, 1.82) is 0 Å². The minimum absolute atomic E-state index is 0.0469. The molecule has 0 bridgehead atoms. The summed E-state index contributed by atoms with van der Waals surface area (Å²) in [6, 6.07) is 0. The van der Waals surface area contributed by atoms with E-state index in [1.165, 1.54) is 0 Å². The Morgan fingerprint density at radius 2 is 2.27 bits per heavy atom. The molecule has 0 aliphatic rings. The average Bonchev–Trinajstić information content (AvgIpc) is 2.00. The number of aliphatic hydroxyl groups excluding tert-OH is 1. The van der Waals surface area contributed by atoms with E-state index < -0.39 is 5.91 Å². The number of hydrogen-bond acceptors (Lipinski definition) is 3. The van der Waals surface area contributed by atoms with Crippen molar-refractivity contribution in [2.24, 2.45) is 0 Å². The lowest BCUT2D eigenvalue weighted by molar-refractivity contribution is -0.120. The number of hydrogen-bond donors (Lipinski definition) is 2. The van der Waals surface area contributed by atoms with Gasteiger partial charge in [-0.1, -0.05) is 0 Å². The molecule has 0 heterocycles. The predicted molar refractivity (Wildman–Crippen MR) is 41.0 cm³/mol. The summed E-state index contributed by atoms with van der Waals surface area (Å²) < 4.78 is 4.80. The Morgan fingerprint density at radius 1 is 1.64 bits per heavy atom. The van der Waals surface area contributed by atoms with Crippen molar-refractivity contribution in [2.45, 2.75) is 13.8 Å². The zero-order chi connectivity index (χ0) is 8.69. The van der Waals surface area contributed by atoms with Gasteiger partial charge >= 0.3 is 0 Å². The van der Waals surface area contributed by atoms with E-state index in [9.17, 15) is 4.79 Å². The van der Waals surface area contributed by atoms with Crippen LogP contribution >= 0.6 is 0 Å². The van der Waals surface area contributed by atoms with Crippen LogP contribution in [0.1, 0.15) is 13.8 Å². The van der Waals surface area contributed by atoms with Crippen LogP contribution in [0.5, 0.6) is 0 Å². The number of likely N-dealkylation sites (N-methyl/N-ethyl adjacent to an activating group) is 1. The molecule has 4 nitrogen and oxygen atoms in total. The summed E-state index contributed by atoms with van der Waals surface area (Å²) in [6.45, 7) is 4.41. The van der Waals surface area contributed by atoms with E-state index in [0.717, 1.165) is 0 Å². The summed E-state index contributed by atoms with van der Waals surface area (Å²) in [7, 11) is 0. The highest BCUT2D eigenvalue weighted by molar-refractivity contribution is 5.90. The van der Waals surface area contributed by atoms with E-state index in [0.29, 0.717) is 19.4 Å². The lowest BCUT2D eigenvalue weighted by Crippen LogP contribution is -2.25. The first-order valence-electron chi connectivity index (χ1n) is 3.51. The molecule has 0 aromatic rings. The largest absolute Gasteiger partial charge is 0.512 e. The Bertz CT molecular complexity index is 154. The molecule has 2 N–H and O–H groups in total. The number of ether oxygens (including phenoxy) is 1. The second-order valence-corrected chi connectivity index (χ2v) is 1.79. The Kier molecular flexibility index (Phi) is 4.98. The Hall–Kier alpha value is -1.19. The van der Waals surface area contributed by atoms with Crippen LogP contribution in [0.4, 0.5) is 0 Å². The second-order valence-electron chi connectivity index (χ2n) is 1.79. The third-order valence-electron chi connectivity index (χ3n) is 0.978. The number of nitrogens with one attached hydrogen (secondary N) is 1. The van der Waals surface area contributed by atoms with Gasteiger partial charge in [0.15, 0.2) is 0 Å². The van der Waals surface area contributed by atoms with Gasteiger partial charge in [-0.15, -0.1) is 0 Å². The molecule has 0 fully saturated rings. The molecule has 0 spiro atoms. The smallest absolute Gasteiger partial charge is 0.289 e. The van der Waals surface area contributed by atoms with Crippen molar-refractivity contribution in [3.8, 4) is 0 Å². The summed E-state index contributed by atoms with van der Waals surface area (Å²) in [5.41, 5.74) is 0. The Labute approximate surface area is 65.9 Å². The standard InChI is InChI=1S/C7H13NO3/c1-3-8-7(10)6(5-9)11-4-2/h5,9H,3-4H2,1-2H3,(H,8,10). The van der Waals surface area contributed by atoms with E-state index in [1.54, 1.807) is 13.8 Å². The third-order valence-corrected chi connectivity index (χ3v) is 0.978. The number of amides is 1. The quantitative estimate of drug-likeness (QED) is 0.465. The number of rotatable bonds is 4. The molecule has 64 valence electrons. The van der Waals surface area contributed by atoms with Crippen molar-refractivity contribution in [2.75, 3.05) is 13.2 Å². The van der Waals surface area contributed by atoms with Gasteiger partial charge in [-0.3, -0.25) is 4.79 Å². The number of carbonyl (C=O) groups is 1. The highest BCUT2D eigenvalue weighted by Gasteiger charge is 2.07. The first kappa shape index (κ1) is 9.81. The summed E-state index contributed by atoms with van der Waals surface area (Å²) in [6.07, 6.45) is 0.661. The maximum atomic E-state index is 10.9. The molecule has 11 heavy (non-hydrogen) atoms. The van der Waals surface area contributed by atoms with Gasteiger partial charge in [0.1, 0.15) is 6.26 Å². The van der Waals surface area contributed by atoms with E-state index in [1.807, 2.05) is 0 Å². The summed E-state index contributed by atoms with van der Waals surface area (Å²) in [4.78, 5) is 10.9. The molecule has 0 aromatic carbocycles. The molecule has 0 rings (SSSR count). The van der Waals surface area contributed by atoms with Crippen LogP contribution < -0.4 is 5.32 Å². The molecule has 0 radical (unpaired) electrons. The van der Waals surface area contributed by atoms with Gasteiger partial charge in [0.25, 0.3) is 5.91 Å². The SMILES string of the molecule is CCNC(=O)C(=CO)OCC. The van der Waals surface area contributed by atoms with Gasteiger partial charge in [-0.2, -0.15) is 0 Å². The fraction of sp³-hybridized carbons (Fsp3) is 0.571. The van der Waals surface area contributed by atoms with Crippen LogP contribution in [0, 0.1) is 0 Å². The molecule has 0 atom stereocenters. The number of carbonyl (C=O) groups excluding carboxylic acids is 1. The van der Waals surface area contributed by atoms with E-state index in [4.69, 9.17) is 9.84 Å². The van der Waals surface area contributed by atoms with E-state index in [2.05, 4.69) is 5.32 Å². The normalized spacial score (nSPS) is 10.9. The van der Waals surface area contributed by atoms with Gasteiger partial charge < -0.3 is 15.2 Å². The molecule has 1 amide bonds. The topological polar surface area (TPSA) is 58.6 Å². The van der Waals surface area contributed by atoms with Crippen molar-refractivity contribution in [3.63, 3.8) is 0 Å². The molecular formula is C7H13NO3. The van der Waals surface area contributed by atoms with Crippen molar-refractivity contribution in [3.05, 3.63) is 12.0 Å². The number of aliphatic hydroxyl groups is 1. The minimum Gasteiger partial charge on any atom is -0.512 e. The second kappa shape index (κ2) is 5.58. The molecular weight excluding hydrogens is 146 g/mol. The predicted octanol–water partition coefficient (Wildman–Crippen LogP) is 0.558. The molecule has 0 unspecified atom stereocenters. The van der Waals surface area contributed by atoms with E-state index in [-0.39, 0.29) is 5.76 Å². The first-order chi connectivity index (χ1) is 5.26. The van der Waals surface area contributed by atoms with Crippen molar-refractivity contribution < 1.29 is 14.6 Å². The molecule has 0 saturated carbocycles. The van der Waals surface area contributed by atoms with Crippen LogP contribution in [0.2, 0.25) is 0 Å². The maximum Gasteiger partial charge on any atom is 0.289 e. The third kappa shape index (κ3) is 3.50. The molecule has 0 aliphatic heterocycles. The minimum atomic E-state index is -0.392. The van der Waals surface area contributed by atoms with Gasteiger partial charge in [0, 0.05) is 6.54 Å². The van der Waals surface area contributed by atoms with Crippen molar-refractivity contribution >= 4 is 5.91 Å². The lowest BCUT2D eigenvalue weighted by atomic mass is 10.5. The van der Waals surface area contributed by atoms with Crippen LogP contribution in [0.3, 0.4) is 0 Å². The fourth-order valence-electron chi connectivity index (χ4n) is 0.565. The molecule has 0 aromatic heterocycles. The Balaban J connectivity index is 3.94. The van der Waals surface area contributed by atoms with E-state index >= 15 is 0 Å². The van der Waals surface area contributed by atoms with Gasteiger partial charge in [-0.25, -0.2) is 0 Å². The summed E-state index contributed by atoms with van der Waals surface area (Å²) in [5.74, 6) is -0.439. The van der Waals surface area contributed by atoms with Crippen molar-refractivity contribution in [1.82, 2.24) is 5.32 Å². The highest BCUT2D eigenvalue weighted by Crippen LogP contribution is 1.94. The first-order valence-corrected chi connectivity index (χ1v) is 3.51. The highest BCUT2D eigenvalue weighted by atomic mass is 16.5. The Morgan fingerprint density at radius 3 is 2.64 bits per heavy atom. The zero-order valence-electron chi connectivity index (χ0n) is 6.76. The maximum absolute atomic E-state index is 10.9. The van der Waals surface area contributed by atoms with Gasteiger partial charge in [-0.05, 0) is 13.8 Å². The monoisotopic (exact) mass is 159 g/mol. The fourth-order valence-corrected chi connectivity index (χ4v) is 0.565. The zero-order valence-corrected chi connectivity index (χ0v) is 6.76. The average molecular weight is 159 g/mol. The van der Waals surface area contributed by atoms with Gasteiger partial charge in [0.2, 0.25) is 5.76 Å². The van der Waals surface area contributed by atoms with Crippen LogP contribution in [0.25, 0.3) is 0 Å². The molecule has 0 aliphatic carbocycles. The van der Waals surface area contributed by atoms with Crippen LogP contribution in [-0.2, 0) is 9.53 Å². The lowest BCUT2D eigenvalue weighted by Gasteiger charge is -2.05. The summed E-state index contributed by atoms with van der Waals surface area (Å²) in [5, 5.41) is 11.0. The van der Waals surface area contributed by atoms with Crippen LogP contribution in [-0.4, -0.2) is 24.2 Å². The summed E-state index contributed by atoms with van der Waals surface area (Å²) >= 11 is 0. The molecule has 0 saturated heterocycles. The van der Waals surface area contributed by atoms with Crippen LogP contribution in [0.15, 0.2) is 12.0 Å². The van der Waals surface area contributed by atoms with Gasteiger partial charge in [0.05, 0.1) is 6.61 Å². The molecule has 4 heteroatoms.